The van der Waals surface area contributed by atoms with Crippen molar-refractivity contribution in [3.8, 4) is 0 Å². The quantitative estimate of drug-likeness (QED) is 0.131. The number of hydrogen-bond donors (Lipinski definition) is 15. The zero-order chi connectivity index (χ0) is 57.2. The first kappa shape index (κ1) is 65.9. The van der Waals surface area contributed by atoms with Crippen LogP contribution < -0.4 is 5.32 Å². The molecule has 15 N–H and O–H groups in total. The zero-order valence-electron chi connectivity index (χ0n) is 44.3. The highest BCUT2D eigenvalue weighted by Gasteiger charge is 2.53. The minimum atomic E-state index is -2.46. The van der Waals surface area contributed by atoms with E-state index >= 15 is 0 Å². The normalized spacial score (nSPS) is 43.4. The van der Waals surface area contributed by atoms with Crippen LogP contribution in [0, 0.1) is 17.8 Å². The zero-order valence-corrected chi connectivity index (χ0v) is 44.3. The van der Waals surface area contributed by atoms with Crippen LogP contribution in [0.1, 0.15) is 79.1 Å². The van der Waals surface area contributed by atoms with E-state index in [2.05, 4.69) is 5.32 Å². The van der Waals surface area contributed by atoms with Gasteiger partial charge in [0.25, 0.3) is 0 Å². The van der Waals surface area contributed by atoms with Crippen molar-refractivity contribution < 1.29 is 110 Å². The third-order valence-corrected chi connectivity index (χ3v) is 14.4. The van der Waals surface area contributed by atoms with Crippen LogP contribution in [-0.2, 0) is 38.0 Å². The SMILES string of the molecule is COC(=O)C1C2C[C@@H](OC3O[C@H](C)[C@@H](O)[C@H](NC[C@@]4(O)OC[C@@H](O)[C@H](O)[C@@H]4O)[C@@H]3O)C=CC=CC=CC=CC=CC=CC=C[C@H](C)[C@@H](O)[C@@H](C)[C@H](C)OC(=O)C[C@H](O)C[C@H](O)CC[C@@H](O)[C@H](O)C[C@H](O)C[C@](O)(C[C@@H]1O)O2. The van der Waals surface area contributed by atoms with Gasteiger partial charge in [0, 0.05) is 37.5 Å². The lowest BCUT2D eigenvalue weighted by Crippen LogP contribution is -2.69. The molecule has 0 amide bonds. The standard InChI is InChI=1S/C54H85NO22/c1-30-18-16-14-12-10-8-6-7-9-11-13-15-17-19-37(76-52-49(67)45(47(65)33(4)75-52)55-29-54(71)50(68)48(66)41(62)28-73-54)25-42-44(51(69)72-5)40(61)27-53(70,77-42)26-36(58)23-39(60)38(59)21-20-34(56)22-35(57)24-43(63)74-32(3)31(2)46(30)64/h6-19,30-42,44-50,52,55-62,64-68,70-71H,20-29H2,1-5H3/t30-,31-,32-,33+,34+,35+,36-,37-,38+,39+,40-,41+,42?,44?,45-,46+,47+,48-,49-,50-,52?,53+,54+/m0/s1. The molecule has 4 rings (SSSR count). The van der Waals surface area contributed by atoms with Crippen molar-refractivity contribution in [1.29, 1.82) is 0 Å². The van der Waals surface area contributed by atoms with Gasteiger partial charge in [-0.3, -0.25) is 9.59 Å². The van der Waals surface area contributed by atoms with Gasteiger partial charge in [-0.1, -0.05) is 98.9 Å². The molecule has 438 valence electrons. The fourth-order valence-corrected chi connectivity index (χ4v) is 9.61. The van der Waals surface area contributed by atoms with Crippen molar-refractivity contribution in [3.63, 3.8) is 0 Å². The summed E-state index contributed by atoms with van der Waals surface area (Å²) in [5.41, 5.74) is 0. The molecule has 0 aliphatic carbocycles. The summed E-state index contributed by atoms with van der Waals surface area (Å²) in [5, 5.41) is 155. The second-order valence-electron chi connectivity index (χ2n) is 20.7. The topological polar surface area (TPSA) is 385 Å². The van der Waals surface area contributed by atoms with Crippen molar-refractivity contribution >= 4 is 11.9 Å². The average Bonchev–Trinajstić information content (AvgIpc) is 3.36. The van der Waals surface area contributed by atoms with Crippen molar-refractivity contribution in [3.05, 3.63) is 85.1 Å². The maximum Gasteiger partial charge on any atom is 0.313 e. The lowest BCUT2D eigenvalue weighted by atomic mass is 9.82. The van der Waals surface area contributed by atoms with Gasteiger partial charge in [-0.05, 0) is 33.1 Å². The number of cyclic esters (lactones) is 1. The molecule has 0 saturated carbocycles. The first-order valence-electron chi connectivity index (χ1n) is 26.2. The molecule has 23 nitrogen and oxygen atoms in total. The Hall–Kier alpha value is -3.64. The molecule has 4 aliphatic rings. The predicted molar refractivity (Wildman–Crippen MR) is 274 cm³/mol. The summed E-state index contributed by atoms with van der Waals surface area (Å²) in [4.78, 5) is 26.0. The van der Waals surface area contributed by atoms with Gasteiger partial charge in [-0.2, -0.15) is 0 Å². The summed E-state index contributed by atoms with van der Waals surface area (Å²) < 4.78 is 34.0. The summed E-state index contributed by atoms with van der Waals surface area (Å²) in [6.07, 6.45) is -3.40. The largest absolute Gasteiger partial charge is 0.469 e. The monoisotopic (exact) mass is 1100 g/mol. The number of rotatable bonds is 6. The van der Waals surface area contributed by atoms with Crippen LogP contribution in [0.3, 0.4) is 0 Å². The van der Waals surface area contributed by atoms with Gasteiger partial charge in [0.15, 0.2) is 12.1 Å². The summed E-state index contributed by atoms with van der Waals surface area (Å²) in [6.45, 7) is 5.44. The molecule has 4 aliphatic heterocycles. The van der Waals surface area contributed by atoms with Gasteiger partial charge in [0.2, 0.25) is 5.79 Å². The Kier molecular flexibility index (Phi) is 26.8. The highest BCUT2D eigenvalue weighted by Crippen LogP contribution is 2.39. The smallest absolute Gasteiger partial charge is 0.313 e. The summed E-state index contributed by atoms with van der Waals surface area (Å²) in [6, 6.07) is -1.34. The molecule has 3 fully saturated rings. The Morgan fingerprint density at radius 2 is 1.25 bits per heavy atom. The van der Waals surface area contributed by atoms with E-state index in [4.69, 9.17) is 28.4 Å². The molecule has 0 aromatic heterocycles. The molecular weight excluding hydrogens is 1010 g/mol. The number of nitrogens with one attached hydrogen (secondary N) is 1. The molecule has 23 atom stereocenters. The van der Waals surface area contributed by atoms with Crippen LogP contribution in [0.25, 0.3) is 0 Å². The number of esters is 2. The van der Waals surface area contributed by atoms with E-state index < -0.39 is 184 Å². The fourth-order valence-electron chi connectivity index (χ4n) is 9.61. The van der Waals surface area contributed by atoms with Crippen molar-refractivity contribution in [2.24, 2.45) is 17.8 Å². The van der Waals surface area contributed by atoms with E-state index in [1.165, 1.54) is 13.0 Å². The van der Waals surface area contributed by atoms with Crippen LogP contribution in [0.4, 0.5) is 0 Å². The van der Waals surface area contributed by atoms with Gasteiger partial charge in [-0.15, -0.1) is 0 Å². The second-order valence-corrected chi connectivity index (χ2v) is 20.7. The molecular formula is C54H85NO22. The van der Waals surface area contributed by atoms with Crippen LogP contribution in [0.5, 0.6) is 0 Å². The second kappa shape index (κ2) is 31.4. The number of allylic oxidation sites excluding steroid dienone is 12. The third kappa shape index (κ3) is 20.1. The molecule has 23 heteroatoms. The van der Waals surface area contributed by atoms with Gasteiger partial charge in [0.05, 0.1) is 99.9 Å². The Morgan fingerprint density at radius 1 is 0.649 bits per heavy atom. The maximum atomic E-state index is 13.3. The predicted octanol–water partition coefficient (Wildman–Crippen LogP) is -1.77. The molecule has 0 radical (unpaired) electrons. The molecule has 0 spiro atoms. The van der Waals surface area contributed by atoms with Gasteiger partial charge in [0.1, 0.15) is 36.4 Å². The summed E-state index contributed by atoms with van der Waals surface area (Å²) in [7, 11) is 1.08. The van der Waals surface area contributed by atoms with Gasteiger partial charge in [-0.25, -0.2) is 0 Å². The van der Waals surface area contributed by atoms with E-state index in [1.807, 2.05) is 13.0 Å². The van der Waals surface area contributed by atoms with E-state index in [0.717, 1.165) is 7.11 Å². The Labute approximate surface area is 449 Å². The molecule has 0 aromatic rings. The van der Waals surface area contributed by atoms with Crippen LogP contribution in [0.2, 0.25) is 0 Å². The number of carbonyl (C=O) groups is 2. The minimum absolute atomic E-state index is 0.132. The van der Waals surface area contributed by atoms with Crippen LogP contribution in [-0.4, -0.2) is 225 Å². The van der Waals surface area contributed by atoms with Crippen molar-refractivity contribution in [2.45, 2.75) is 201 Å². The Morgan fingerprint density at radius 3 is 1.86 bits per heavy atom. The van der Waals surface area contributed by atoms with Crippen molar-refractivity contribution in [1.82, 2.24) is 5.32 Å². The highest BCUT2D eigenvalue weighted by atomic mass is 16.7. The number of hydrogen-bond acceptors (Lipinski definition) is 23. The lowest BCUT2D eigenvalue weighted by Gasteiger charge is -2.46. The van der Waals surface area contributed by atoms with Crippen LogP contribution in [0.15, 0.2) is 85.1 Å². The number of aliphatic hydroxyl groups is 14. The minimum Gasteiger partial charge on any atom is -0.469 e. The fraction of sp³-hybridized carbons (Fsp3) is 0.704. The van der Waals surface area contributed by atoms with Crippen LogP contribution >= 0.6 is 0 Å². The number of aliphatic hydroxyl groups excluding tert-OH is 12. The number of ether oxygens (including phenoxy) is 6. The molecule has 3 unspecified atom stereocenters. The highest BCUT2D eigenvalue weighted by molar-refractivity contribution is 5.74. The number of methoxy groups -OCH3 is 1. The van der Waals surface area contributed by atoms with E-state index in [9.17, 15) is 81.1 Å². The van der Waals surface area contributed by atoms with E-state index in [-0.39, 0.29) is 31.6 Å². The van der Waals surface area contributed by atoms with Gasteiger partial charge < -0.3 is 105 Å². The van der Waals surface area contributed by atoms with E-state index in [1.54, 1.807) is 86.8 Å². The average molecular weight is 1100 g/mol. The first-order valence-corrected chi connectivity index (χ1v) is 26.2. The third-order valence-electron chi connectivity index (χ3n) is 14.4. The van der Waals surface area contributed by atoms with Gasteiger partial charge >= 0.3 is 11.9 Å². The Balaban J connectivity index is 1.61. The molecule has 2 bridgehead atoms. The molecule has 77 heavy (non-hydrogen) atoms. The summed E-state index contributed by atoms with van der Waals surface area (Å²) >= 11 is 0. The number of carbonyl (C=O) groups excluding carboxylic acids is 2. The first-order chi connectivity index (χ1) is 36.3. The molecule has 0 aromatic carbocycles. The summed E-state index contributed by atoms with van der Waals surface area (Å²) in [5.74, 6) is -8.74. The van der Waals surface area contributed by atoms with Crippen molar-refractivity contribution in [2.75, 3.05) is 20.3 Å². The maximum absolute atomic E-state index is 13.3. The molecule has 4 heterocycles. The lowest BCUT2D eigenvalue weighted by molar-refractivity contribution is -0.323. The Bertz CT molecular complexity index is 2020. The number of fused-ring (bicyclic) bond motifs is 2. The molecule has 3 saturated heterocycles. The van der Waals surface area contributed by atoms with E-state index in [0.29, 0.717) is 0 Å².